The number of nitriles is 1. The smallest absolute Gasteiger partial charge is 0.233 e. The standard InChI is InChI=1S/C12H6Br2N2O/c13-9-5-10(14)12(16-7-9)17-11-4-2-1-3-8(11)6-15/h1-5,7H. The molecule has 0 aliphatic rings. The van der Waals surface area contributed by atoms with Crippen LogP contribution in [0.25, 0.3) is 0 Å². The summed E-state index contributed by atoms with van der Waals surface area (Å²) in [5.74, 6) is 0.918. The lowest BCUT2D eigenvalue weighted by molar-refractivity contribution is 0.458. The topological polar surface area (TPSA) is 45.9 Å². The number of rotatable bonds is 2. The van der Waals surface area contributed by atoms with Gasteiger partial charge in [0.05, 0.1) is 10.0 Å². The highest BCUT2D eigenvalue weighted by atomic mass is 79.9. The van der Waals surface area contributed by atoms with E-state index in [1.54, 1.807) is 24.4 Å². The molecule has 2 aromatic rings. The van der Waals surface area contributed by atoms with E-state index >= 15 is 0 Å². The van der Waals surface area contributed by atoms with Crippen LogP contribution in [-0.2, 0) is 0 Å². The Hall–Kier alpha value is -1.38. The molecular formula is C12H6Br2N2O. The SMILES string of the molecule is N#Cc1ccccc1Oc1ncc(Br)cc1Br. The maximum Gasteiger partial charge on any atom is 0.233 e. The monoisotopic (exact) mass is 352 g/mol. The third-order valence-corrected chi connectivity index (χ3v) is 2.99. The zero-order valence-corrected chi connectivity index (χ0v) is 11.7. The molecule has 0 unspecified atom stereocenters. The fraction of sp³-hybridized carbons (Fsp3) is 0. The van der Waals surface area contributed by atoms with Gasteiger partial charge in [0.2, 0.25) is 5.88 Å². The number of ether oxygens (including phenoxy) is 1. The molecular weight excluding hydrogens is 348 g/mol. The average molecular weight is 354 g/mol. The summed E-state index contributed by atoms with van der Waals surface area (Å²) in [6.07, 6.45) is 1.63. The Balaban J connectivity index is 2.35. The highest BCUT2D eigenvalue weighted by molar-refractivity contribution is 9.11. The van der Waals surface area contributed by atoms with Crippen LogP contribution in [0.5, 0.6) is 11.6 Å². The number of benzene rings is 1. The molecule has 1 aromatic heterocycles. The number of para-hydroxylation sites is 1. The van der Waals surface area contributed by atoms with Gasteiger partial charge in [-0.15, -0.1) is 0 Å². The van der Waals surface area contributed by atoms with Crippen molar-refractivity contribution in [3.63, 3.8) is 0 Å². The second-order valence-electron chi connectivity index (χ2n) is 3.15. The van der Waals surface area contributed by atoms with E-state index in [9.17, 15) is 0 Å². The van der Waals surface area contributed by atoms with Gasteiger partial charge in [-0.2, -0.15) is 5.26 Å². The van der Waals surface area contributed by atoms with E-state index in [0.29, 0.717) is 17.2 Å². The fourth-order valence-electron chi connectivity index (χ4n) is 1.23. The molecule has 0 aliphatic heterocycles. The Kier molecular flexibility index (Phi) is 3.77. The van der Waals surface area contributed by atoms with Gasteiger partial charge in [0.1, 0.15) is 11.8 Å². The van der Waals surface area contributed by atoms with E-state index in [2.05, 4.69) is 42.9 Å². The number of hydrogen-bond acceptors (Lipinski definition) is 3. The summed E-state index contributed by atoms with van der Waals surface area (Å²) in [6, 6.07) is 10.9. The molecule has 0 amide bonds. The molecule has 0 radical (unpaired) electrons. The first-order valence-electron chi connectivity index (χ1n) is 4.69. The van der Waals surface area contributed by atoms with Crippen molar-refractivity contribution in [3.8, 4) is 17.7 Å². The summed E-state index contributed by atoms with van der Waals surface area (Å²) in [7, 11) is 0. The van der Waals surface area contributed by atoms with Gasteiger partial charge in [-0.3, -0.25) is 0 Å². The Morgan fingerprint density at radius 3 is 2.71 bits per heavy atom. The lowest BCUT2D eigenvalue weighted by Gasteiger charge is -2.07. The molecule has 5 heteroatoms. The summed E-state index contributed by atoms with van der Waals surface area (Å²) in [6.45, 7) is 0. The molecule has 0 fully saturated rings. The van der Waals surface area contributed by atoms with Crippen molar-refractivity contribution >= 4 is 31.9 Å². The highest BCUT2D eigenvalue weighted by Gasteiger charge is 2.08. The molecule has 0 bridgehead atoms. The summed E-state index contributed by atoms with van der Waals surface area (Å²) in [5.41, 5.74) is 0.476. The van der Waals surface area contributed by atoms with Crippen LogP contribution >= 0.6 is 31.9 Å². The Morgan fingerprint density at radius 2 is 2.00 bits per heavy atom. The van der Waals surface area contributed by atoms with Crippen molar-refractivity contribution < 1.29 is 4.74 Å². The molecule has 0 spiro atoms. The van der Waals surface area contributed by atoms with Crippen LogP contribution in [0.15, 0.2) is 45.5 Å². The minimum atomic E-state index is 0.427. The normalized spacial score (nSPS) is 9.71. The van der Waals surface area contributed by atoms with Crippen LogP contribution in [0, 0.1) is 11.3 Å². The fourth-order valence-corrected chi connectivity index (χ4v) is 2.30. The summed E-state index contributed by atoms with van der Waals surface area (Å²) < 4.78 is 7.16. The second kappa shape index (κ2) is 5.30. The van der Waals surface area contributed by atoms with Crippen molar-refractivity contribution in [2.24, 2.45) is 0 Å². The lowest BCUT2D eigenvalue weighted by atomic mass is 10.2. The van der Waals surface area contributed by atoms with Crippen LogP contribution in [0.2, 0.25) is 0 Å². The first kappa shape index (κ1) is 12.1. The van der Waals surface area contributed by atoms with E-state index < -0.39 is 0 Å². The molecule has 3 nitrogen and oxygen atoms in total. The highest BCUT2D eigenvalue weighted by Crippen LogP contribution is 2.30. The zero-order valence-electron chi connectivity index (χ0n) is 8.52. The number of hydrogen-bond donors (Lipinski definition) is 0. The van der Waals surface area contributed by atoms with Crippen LogP contribution < -0.4 is 4.74 Å². The first-order valence-corrected chi connectivity index (χ1v) is 6.27. The molecule has 84 valence electrons. The predicted octanol–water partition coefficient (Wildman–Crippen LogP) is 4.27. The van der Waals surface area contributed by atoms with Crippen LogP contribution in [-0.4, -0.2) is 4.98 Å². The van der Waals surface area contributed by atoms with E-state index in [4.69, 9.17) is 10.00 Å². The number of pyridine rings is 1. The minimum absolute atomic E-state index is 0.427. The summed E-state index contributed by atoms with van der Waals surface area (Å²) in [5, 5.41) is 8.94. The minimum Gasteiger partial charge on any atom is -0.436 e. The Labute approximate surface area is 115 Å². The zero-order chi connectivity index (χ0) is 12.3. The van der Waals surface area contributed by atoms with E-state index in [0.717, 1.165) is 8.95 Å². The van der Waals surface area contributed by atoms with E-state index in [-0.39, 0.29) is 0 Å². The molecule has 17 heavy (non-hydrogen) atoms. The third kappa shape index (κ3) is 2.84. The molecule has 0 N–H and O–H groups in total. The lowest BCUT2D eigenvalue weighted by Crippen LogP contribution is -1.91. The first-order chi connectivity index (χ1) is 8.20. The summed E-state index contributed by atoms with van der Waals surface area (Å²) in [4.78, 5) is 4.12. The maximum absolute atomic E-state index is 8.94. The average Bonchev–Trinajstić information content (AvgIpc) is 2.33. The van der Waals surface area contributed by atoms with Gasteiger partial charge in [-0.05, 0) is 50.1 Å². The molecule has 0 aliphatic carbocycles. The molecule has 1 aromatic carbocycles. The molecule has 0 saturated heterocycles. The quantitative estimate of drug-likeness (QED) is 0.809. The third-order valence-electron chi connectivity index (χ3n) is 1.99. The Morgan fingerprint density at radius 1 is 1.24 bits per heavy atom. The van der Waals surface area contributed by atoms with Crippen LogP contribution in [0.1, 0.15) is 5.56 Å². The van der Waals surface area contributed by atoms with Gasteiger partial charge < -0.3 is 4.74 Å². The van der Waals surface area contributed by atoms with Crippen molar-refractivity contribution in [1.29, 1.82) is 5.26 Å². The van der Waals surface area contributed by atoms with Crippen molar-refractivity contribution in [2.75, 3.05) is 0 Å². The van der Waals surface area contributed by atoms with Gasteiger partial charge in [0.25, 0.3) is 0 Å². The molecule has 1 heterocycles. The molecule has 2 rings (SSSR count). The number of halogens is 2. The maximum atomic E-state index is 8.94. The largest absolute Gasteiger partial charge is 0.436 e. The molecule has 0 saturated carbocycles. The van der Waals surface area contributed by atoms with Gasteiger partial charge >= 0.3 is 0 Å². The summed E-state index contributed by atoms with van der Waals surface area (Å²) >= 11 is 6.66. The predicted molar refractivity (Wildman–Crippen MR) is 70.9 cm³/mol. The van der Waals surface area contributed by atoms with Crippen molar-refractivity contribution in [2.45, 2.75) is 0 Å². The second-order valence-corrected chi connectivity index (χ2v) is 4.92. The van der Waals surface area contributed by atoms with Gasteiger partial charge in [0, 0.05) is 10.7 Å². The van der Waals surface area contributed by atoms with Crippen LogP contribution in [0.4, 0.5) is 0 Å². The molecule has 0 atom stereocenters. The van der Waals surface area contributed by atoms with Crippen molar-refractivity contribution in [1.82, 2.24) is 4.98 Å². The van der Waals surface area contributed by atoms with Crippen LogP contribution in [0.3, 0.4) is 0 Å². The number of nitrogens with zero attached hydrogens (tertiary/aromatic N) is 2. The van der Waals surface area contributed by atoms with Crippen molar-refractivity contribution in [3.05, 3.63) is 51.0 Å². The van der Waals surface area contributed by atoms with Gasteiger partial charge in [-0.25, -0.2) is 4.98 Å². The van der Waals surface area contributed by atoms with Gasteiger partial charge in [0.15, 0.2) is 0 Å². The number of aromatic nitrogens is 1. The Bertz CT molecular complexity index is 593. The van der Waals surface area contributed by atoms with Gasteiger partial charge in [-0.1, -0.05) is 12.1 Å². The van der Waals surface area contributed by atoms with E-state index in [1.807, 2.05) is 12.1 Å². The van der Waals surface area contributed by atoms with E-state index in [1.165, 1.54) is 0 Å².